The number of nitrogens with zero attached hydrogens (tertiary/aromatic N) is 1. The summed E-state index contributed by atoms with van der Waals surface area (Å²) >= 11 is 0. The zero-order valence-electron chi connectivity index (χ0n) is 17.1. The van der Waals surface area contributed by atoms with Gasteiger partial charge in [-0.1, -0.05) is 61.9 Å². The molecule has 3 nitrogen and oxygen atoms in total. The summed E-state index contributed by atoms with van der Waals surface area (Å²) in [5, 5.41) is 3.06. The first-order valence-corrected chi connectivity index (χ1v) is 10.5. The van der Waals surface area contributed by atoms with Gasteiger partial charge in [0.1, 0.15) is 0 Å². The van der Waals surface area contributed by atoms with E-state index in [9.17, 15) is 4.79 Å². The number of piperidine rings is 1. The van der Waals surface area contributed by atoms with Gasteiger partial charge in [0.05, 0.1) is 0 Å². The summed E-state index contributed by atoms with van der Waals surface area (Å²) in [6.07, 6.45) is 9.48. The number of benzene rings is 2. The third-order valence-electron chi connectivity index (χ3n) is 5.90. The van der Waals surface area contributed by atoms with Crippen LogP contribution in [0.2, 0.25) is 0 Å². The Bertz CT molecular complexity index is 784. The van der Waals surface area contributed by atoms with Crippen LogP contribution in [0.4, 0.5) is 5.69 Å². The minimum atomic E-state index is -0.0862. The summed E-state index contributed by atoms with van der Waals surface area (Å²) in [5.74, 6) is 0.765. The molecular formula is C25H32N2O. The van der Waals surface area contributed by atoms with Gasteiger partial charge in [0, 0.05) is 24.4 Å². The molecular weight excluding hydrogens is 344 g/mol. The van der Waals surface area contributed by atoms with Crippen molar-refractivity contribution >= 4 is 17.7 Å². The molecule has 2 aromatic carbocycles. The quantitative estimate of drug-likeness (QED) is 0.657. The Morgan fingerprint density at radius 2 is 1.86 bits per heavy atom. The first-order chi connectivity index (χ1) is 13.7. The Hall–Kier alpha value is -2.39. The number of anilines is 1. The molecule has 0 aliphatic carbocycles. The maximum Gasteiger partial charge on any atom is 0.248 e. The monoisotopic (exact) mass is 376 g/mol. The second-order valence-electron chi connectivity index (χ2n) is 7.87. The molecule has 1 fully saturated rings. The molecule has 1 aliphatic rings. The molecule has 0 saturated carbocycles. The van der Waals surface area contributed by atoms with Crippen molar-refractivity contribution in [3.05, 3.63) is 71.8 Å². The van der Waals surface area contributed by atoms with Crippen LogP contribution in [-0.2, 0) is 11.2 Å². The normalized spacial score (nSPS) is 20.4. The standard InChI is InChI=1S/C25H32N2O/c1-3-20-13-16-23(27(2)19-20)17-15-22-11-7-8-12-24(22)26-25(28)18-14-21-9-5-4-6-10-21/h4-12,14,18,20,23H,3,13,15-17,19H2,1-2H3,(H,26,28)/b18-14+. The Labute approximate surface area is 169 Å². The first kappa shape index (κ1) is 20.3. The van der Waals surface area contributed by atoms with E-state index in [1.807, 2.05) is 48.5 Å². The first-order valence-electron chi connectivity index (χ1n) is 10.5. The van der Waals surface area contributed by atoms with Gasteiger partial charge in [-0.15, -0.1) is 0 Å². The van der Waals surface area contributed by atoms with Crippen LogP contribution in [0.15, 0.2) is 60.7 Å². The zero-order valence-corrected chi connectivity index (χ0v) is 17.1. The van der Waals surface area contributed by atoms with Crippen molar-refractivity contribution < 1.29 is 4.79 Å². The third-order valence-corrected chi connectivity index (χ3v) is 5.90. The van der Waals surface area contributed by atoms with Crippen LogP contribution >= 0.6 is 0 Å². The molecule has 3 rings (SSSR count). The van der Waals surface area contributed by atoms with E-state index in [1.54, 1.807) is 6.08 Å². The van der Waals surface area contributed by atoms with Crippen molar-refractivity contribution in [3.8, 4) is 0 Å². The van der Waals surface area contributed by atoms with Crippen LogP contribution in [-0.4, -0.2) is 30.4 Å². The van der Waals surface area contributed by atoms with Crippen molar-refractivity contribution in [2.75, 3.05) is 18.9 Å². The van der Waals surface area contributed by atoms with E-state index in [2.05, 4.69) is 36.3 Å². The van der Waals surface area contributed by atoms with Gasteiger partial charge < -0.3 is 10.2 Å². The lowest BCUT2D eigenvalue weighted by atomic mass is 9.88. The number of para-hydroxylation sites is 1. The molecule has 2 unspecified atom stereocenters. The number of amides is 1. The van der Waals surface area contributed by atoms with Gasteiger partial charge in [-0.05, 0) is 61.9 Å². The number of nitrogens with one attached hydrogen (secondary N) is 1. The number of likely N-dealkylation sites (tertiary alicyclic amines) is 1. The molecule has 148 valence electrons. The Morgan fingerprint density at radius 1 is 1.11 bits per heavy atom. The predicted octanol–water partition coefficient (Wildman–Crippen LogP) is 5.39. The van der Waals surface area contributed by atoms with Crippen LogP contribution in [0.5, 0.6) is 0 Å². The molecule has 1 amide bonds. The van der Waals surface area contributed by atoms with Crippen molar-refractivity contribution in [1.82, 2.24) is 4.90 Å². The summed E-state index contributed by atoms with van der Waals surface area (Å²) in [6.45, 7) is 3.51. The maximum atomic E-state index is 12.4. The lowest BCUT2D eigenvalue weighted by Gasteiger charge is -2.37. The molecule has 2 aromatic rings. The fourth-order valence-electron chi connectivity index (χ4n) is 4.09. The van der Waals surface area contributed by atoms with E-state index in [4.69, 9.17) is 0 Å². The molecule has 28 heavy (non-hydrogen) atoms. The molecule has 0 radical (unpaired) electrons. The Morgan fingerprint density at radius 3 is 2.61 bits per heavy atom. The fraction of sp³-hybridized carbons (Fsp3) is 0.400. The summed E-state index contributed by atoms with van der Waals surface area (Å²) < 4.78 is 0. The number of rotatable bonds is 7. The van der Waals surface area contributed by atoms with Crippen LogP contribution in [0.25, 0.3) is 6.08 Å². The SMILES string of the molecule is CCC1CCC(CCc2ccccc2NC(=O)/C=C/c2ccccc2)N(C)C1. The second kappa shape index (κ2) is 10.2. The second-order valence-corrected chi connectivity index (χ2v) is 7.87. The highest BCUT2D eigenvalue weighted by molar-refractivity contribution is 6.02. The largest absolute Gasteiger partial charge is 0.322 e. The number of carbonyl (C=O) groups is 1. The topological polar surface area (TPSA) is 32.3 Å². The third kappa shape index (κ3) is 5.80. The molecule has 0 bridgehead atoms. The van der Waals surface area contributed by atoms with Crippen molar-refractivity contribution in [3.63, 3.8) is 0 Å². The highest BCUT2D eigenvalue weighted by Crippen LogP contribution is 2.27. The van der Waals surface area contributed by atoms with E-state index in [0.29, 0.717) is 6.04 Å². The van der Waals surface area contributed by atoms with E-state index in [-0.39, 0.29) is 5.91 Å². The van der Waals surface area contributed by atoms with Gasteiger partial charge in [-0.25, -0.2) is 0 Å². The molecule has 1 heterocycles. The maximum absolute atomic E-state index is 12.4. The van der Waals surface area contributed by atoms with Crippen LogP contribution in [0, 0.1) is 5.92 Å². The molecule has 1 N–H and O–H groups in total. The Balaban J connectivity index is 1.57. The van der Waals surface area contributed by atoms with Crippen molar-refractivity contribution in [1.29, 1.82) is 0 Å². The lowest BCUT2D eigenvalue weighted by Crippen LogP contribution is -2.40. The summed E-state index contributed by atoms with van der Waals surface area (Å²) in [6, 6.07) is 18.7. The zero-order chi connectivity index (χ0) is 19.8. The smallest absolute Gasteiger partial charge is 0.248 e. The van der Waals surface area contributed by atoms with Gasteiger partial charge >= 0.3 is 0 Å². The minimum Gasteiger partial charge on any atom is -0.322 e. The van der Waals surface area contributed by atoms with Crippen molar-refractivity contribution in [2.45, 2.75) is 45.1 Å². The summed E-state index contributed by atoms with van der Waals surface area (Å²) in [4.78, 5) is 14.9. The van der Waals surface area contributed by atoms with Gasteiger partial charge in [0.2, 0.25) is 5.91 Å². The molecule has 0 aromatic heterocycles. The average Bonchev–Trinajstić information content (AvgIpc) is 2.73. The number of aryl methyl sites for hydroxylation is 1. The molecule has 0 spiro atoms. The van der Waals surface area contributed by atoms with Crippen LogP contribution < -0.4 is 5.32 Å². The number of hydrogen-bond acceptors (Lipinski definition) is 2. The summed E-state index contributed by atoms with van der Waals surface area (Å²) in [7, 11) is 2.26. The van der Waals surface area contributed by atoms with Gasteiger partial charge in [0.15, 0.2) is 0 Å². The average molecular weight is 377 g/mol. The van der Waals surface area contributed by atoms with Crippen molar-refractivity contribution in [2.24, 2.45) is 5.92 Å². The van der Waals surface area contributed by atoms with Gasteiger partial charge in [0.25, 0.3) is 0 Å². The van der Waals surface area contributed by atoms with E-state index in [0.717, 1.165) is 30.0 Å². The van der Waals surface area contributed by atoms with E-state index < -0.39 is 0 Å². The molecule has 3 heteroatoms. The lowest BCUT2D eigenvalue weighted by molar-refractivity contribution is -0.111. The fourth-order valence-corrected chi connectivity index (χ4v) is 4.09. The Kier molecular flexibility index (Phi) is 7.44. The van der Waals surface area contributed by atoms with Crippen LogP contribution in [0.1, 0.15) is 43.7 Å². The number of carbonyl (C=O) groups excluding carboxylic acids is 1. The van der Waals surface area contributed by atoms with E-state index in [1.165, 1.54) is 31.4 Å². The van der Waals surface area contributed by atoms with Crippen LogP contribution in [0.3, 0.4) is 0 Å². The number of hydrogen-bond donors (Lipinski definition) is 1. The minimum absolute atomic E-state index is 0.0862. The summed E-state index contributed by atoms with van der Waals surface area (Å²) in [5.41, 5.74) is 3.17. The molecule has 1 aliphatic heterocycles. The van der Waals surface area contributed by atoms with Gasteiger partial charge in [-0.3, -0.25) is 4.79 Å². The molecule has 2 atom stereocenters. The van der Waals surface area contributed by atoms with Gasteiger partial charge in [-0.2, -0.15) is 0 Å². The highest BCUT2D eigenvalue weighted by Gasteiger charge is 2.24. The highest BCUT2D eigenvalue weighted by atomic mass is 16.1. The molecule has 1 saturated heterocycles. The predicted molar refractivity (Wildman–Crippen MR) is 118 cm³/mol. The van der Waals surface area contributed by atoms with E-state index >= 15 is 0 Å².